The maximum atomic E-state index is 2.53. The second kappa shape index (κ2) is 9.94. The van der Waals surface area contributed by atoms with Gasteiger partial charge in [0.2, 0.25) is 0 Å². The van der Waals surface area contributed by atoms with Crippen LogP contribution in [0.5, 0.6) is 0 Å². The van der Waals surface area contributed by atoms with Gasteiger partial charge in [-0.15, -0.1) is 0 Å². The quantitative estimate of drug-likeness (QED) is 0.455. The standard InChI is InChI=1S/C16H35N/c1-6-9-10-11-13-16(4,5)14-12-15-17(7-2)8-3/h6-15H2,1-5H3. The summed E-state index contributed by atoms with van der Waals surface area (Å²) in [5.74, 6) is 0. The molecule has 0 spiro atoms. The molecule has 1 nitrogen and oxygen atoms in total. The highest BCUT2D eigenvalue weighted by atomic mass is 15.1. The van der Waals surface area contributed by atoms with Gasteiger partial charge in [-0.25, -0.2) is 0 Å². The number of nitrogens with zero attached hydrogens (tertiary/aromatic N) is 1. The Balaban J connectivity index is 3.62. The monoisotopic (exact) mass is 241 g/mol. The SMILES string of the molecule is CCCCCCC(C)(C)CCCN(CC)CC. The third kappa shape index (κ3) is 9.64. The van der Waals surface area contributed by atoms with Crippen molar-refractivity contribution in [2.75, 3.05) is 19.6 Å². The van der Waals surface area contributed by atoms with E-state index >= 15 is 0 Å². The first-order valence-corrected chi connectivity index (χ1v) is 7.78. The number of unbranched alkanes of at least 4 members (excludes halogenated alkanes) is 3. The van der Waals surface area contributed by atoms with Crippen LogP contribution in [-0.2, 0) is 0 Å². The lowest BCUT2D eigenvalue weighted by Gasteiger charge is -2.26. The molecule has 0 rings (SSSR count). The molecule has 0 aromatic rings. The van der Waals surface area contributed by atoms with Crippen molar-refractivity contribution in [3.8, 4) is 0 Å². The van der Waals surface area contributed by atoms with Gasteiger partial charge >= 0.3 is 0 Å². The van der Waals surface area contributed by atoms with E-state index in [2.05, 4.69) is 39.5 Å². The van der Waals surface area contributed by atoms with Gasteiger partial charge in [-0.2, -0.15) is 0 Å². The highest BCUT2D eigenvalue weighted by Gasteiger charge is 2.16. The van der Waals surface area contributed by atoms with E-state index < -0.39 is 0 Å². The molecule has 0 aromatic heterocycles. The summed E-state index contributed by atoms with van der Waals surface area (Å²) < 4.78 is 0. The van der Waals surface area contributed by atoms with E-state index in [1.165, 1.54) is 64.6 Å². The van der Waals surface area contributed by atoms with Gasteiger partial charge in [-0.05, 0) is 44.3 Å². The fraction of sp³-hybridized carbons (Fsp3) is 1.00. The zero-order valence-electron chi connectivity index (χ0n) is 13.0. The molecule has 0 radical (unpaired) electrons. The summed E-state index contributed by atoms with van der Waals surface area (Å²) in [5, 5.41) is 0. The zero-order valence-corrected chi connectivity index (χ0v) is 13.0. The van der Waals surface area contributed by atoms with Crippen molar-refractivity contribution in [3.05, 3.63) is 0 Å². The Hall–Kier alpha value is -0.0400. The molecule has 0 N–H and O–H groups in total. The van der Waals surface area contributed by atoms with E-state index in [1.54, 1.807) is 0 Å². The van der Waals surface area contributed by atoms with Gasteiger partial charge in [0.1, 0.15) is 0 Å². The third-order valence-electron chi connectivity index (χ3n) is 3.93. The molecule has 0 saturated heterocycles. The largest absolute Gasteiger partial charge is 0.304 e. The Labute approximate surface area is 110 Å². The smallest absolute Gasteiger partial charge is 0.00188 e. The summed E-state index contributed by atoms with van der Waals surface area (Å²) in [5.41, 5.74) is 0.556. The van der Waals surface area contributed by atoms with Gasteiger partial charge < -0.3 is 4.90 Å². The lowest BCUT2D eigenvalue weighted by atomic mass is 9.82. The van der Waals surface area contributed by atoms with E-state index in [-0.39, 0.29) is 0 Å². The Morgan fingerprint density at radius 2 is 1.35 bits per heavy atom. The first-order valence-electron chi connectivity index (χ1n) is 7.78. The average molecular weight is 241 g/mol. The van der Waals surface area contributed by atoms with Crippen molar-refractivity contribution < 1.29 is 0 Å². The molecular formula is C16H35N. The lowest BCUT2D eigenvalue weighted by molar-refractivity contribution is 0.242. The second-order valence-corrected chi connectivity index (χ2v) is 6.11. The minimum absolute atomic E-state index is 0.556. The highest BCUT2D eigenvalue weighted by molar-refractivity contribution is 4.69. The Morgan fingerprint density at radius 1 is 0.765 bits per heavy atom. The Bertz CT molecular complexity index is 159. The first kappa shape index (κ1) is 17.0. The van der Waals surface area contributed by atoms with Crippen LogP contribution in [0.3, 0.4) is 0 Å². The zero-order chi connectivity index (χ0) is 13.1. The van der Waals surface area contributed by atoms with E-state index in [9.17, 15) is 0 Å². The van der Waals surface area contributed by atoms with Gasteiger partial charge in [-0.3, -0.25) is 0 Å². The van der Waals surface area contributed by atoms with Crippen LogP contribution < -0.4 is 0 Å². The third-order valence-corrected chi connectivity index (χ3v) is 3.93. The van der Waals surface area contributed by atoms with E-state index in [0.29, 0.717) is 5.41 Å². The van der Waals surface area contributed by atoms with E-state index in [0.717, 1.165) is 0 Å². The average Bonchev–Trinajstić information content (AvgIpc) is 2.30. The van der Waals surface area contributed by atoms with Crippen molar-refractivity contribution in [2.24, 2.45) is 5.41 Å². The molecule has 0 heterocycles. The molecule has 0 saturated carbocycles. The first-order chi connectivity index (χ1) is 8.05. The van der Waals surface area contributed by atoms with Crippen LogP contribution >= 0.6 is 0 Å². The minimum atomic E-state index is 0.556. The predicted molar refractivity (Wildman–Crippen MR) is 79.6 cm³/mol. The molecule has 0 aromatic carbocycles. The molecule has 0 aliphatic rings. The molecule has 0 amide bonds. The van der Waals surface area contributed by atoms with Gasteiger partial charge in [0.05, 0.1) is 0 Å². The topological polar surface area (TPSA) is 3.24 Å². The normalized spacial score (nSPS) is 12.4. The minimum Gasteiger partial charge on any atom is -0.304 e. The maximum absolute atomic E-state index is 2.53. The summed E-state index contributed by atoms with van der Waals surface area (Å²) in [6, 6.07) is 0. The van der Waals surface area contributed by atoms with Crippen LogP contribution in [0.2, 0.25) is 0 Å². The van der Waals surface area contributed by atoms with Gasteiger partial charge in [0.15, 0.2) is 0 Å². The molecular weight excluding hydrogens is 206 g/mol. The number of rotatable bonds is 11. The molecule has 17 heavy (non-hydrogen) atoms. The van der Waals surface area contributed by atoms with Crippen molar-refractivity contribution in [1.82, 2.24) is 4.90 Å². The highest BCUT2D eigenvalue weighted by Crippen LogP contribution is 2.29. The lowest BCUT2D eigenvalue weighted by Crippen LogP contribution is -2.25. The van der Waals surface area contributed by atoms with Crippen LogP contribution in [0.15, 0.2) is 0 Å². The van der Waals surface area contributed by atoms with Crippen LogP contribution in [0.1, 0.15) is 79.6 Å². The van der Waals surface area contributed by atoms with E-state index in [4.69, 9.17) is 0 Å². The molecule has 1 heteroatoms. The number of hydrogen-bond acceptors (Lipinski definition) is 1. The molecule has 0 unspecified atom stereocenters. The van der Waals surface area contributed by atoms with E-state index in [1.807, 2.05) is 0 Å². The summed E-state index contributed by atoms with van der Waals surface area (Å²) >= 11 is 0. The maximum Gasteiger partial charge on any atom is -0.00188 e. The molecule has 0 aliphatic carbocycles. The molecule has 0 aliphatic heterocycles. The fourth-order valence-corrected chi connectivity index (χ4v) is 2.48. The van der Waals surface area contributed by atoms with Crippen LogP contribution in [-0.4, -0.2) is 24.5 Å². The number of hydrogen-bond donors (Lipinski definition) is 0. The van der Waals surface area contributed by atoms with Gasteiger partial charge in [0, 0.05) is 0 Å². The molecule has 104 valence electrons. The van der Waals surface area contributed by atoms with Crippen LogP contribution in [0.4, 0.5) is 0 Å². The van der Waals surface area contributed by atoms with Gasteiger partial charge in [0.25, 0.3) is 0 Å². The van der Waals surface area contributed by atoms with Crippen molar-refractivity contribution in [3.63, 3.8) is 0 Å². The molecule has 0 fully saturated rings. The Kier molecular flexibility index (Phi) is 9.91. The fourth-order valence-electron chi connectivity index (χ4n) is 2.48. The van der Waals surface area contributed by atoms with Crippen LogP contribution in [0, 0.1) is 5.41 Å². The molecule has 0 atom stereocenters. The summed E-state index contributed by atoms with van der Waals surface area (Å²) in [4.78, 5) is 2.53. The predicted octanol–water partition coefficient (Wildman–Crippen LogP) is 5.11. The second-order valence-electron chi connectivity index (χ2n) is 6.11. The van der Waals surface area contributed by atoms with Crippen molar-refractivity contribution in [2.45, 2.75) is 79.6 Å². The summed E-state index contributed by atoms with van der Waals surface area (Å²) in [6.07, 6.45) is 9.77. The van der Waals surface area contributed by atoms with Crippen molar-refractivity contribution >= 4 is 0 Å². The van der Waals surface area contributed by atoms with Crippen LogP contribution in [0.25, 0.3) is 0 Å². The molecule has 0 bridgehead atoms. The van der Waals surface area contributed by atoms with Gasteiger partial charge in [-0.1, -0.05) is 60.3 Å². The Morgan fingerprint density at radius 3 is 1.88 bits per heavy atom. The summed E-state index contributed by atoms with van der Waals surface area (Å²) in [7, 11) is 0. The van der Waals surface area contributed by atoms with Crippen molar-refractivity contribution in [1.29, 1.82) is 0 Å². The summed E-state index contributed by atoms with van der Waals surface area (Å²) in [6.45, 7) is 15.4.